The number of benzene rings is 1. The number of aromatic amines is 1. The molecule has 2 N–H and O–H groups in total. The van der Waals surface area contributed by atoms with E-state index in [1.807, 2.05) is 0 Å². The Morgan fingerprint density at radius 3 is 2.87 bits per heavy atom. The van der Waals surface area contributed by atoms with Crippen LogP contribution in [0.4, 0.5) is 0 Å². The van der Waals surface area contributed by atoms with Gasteiger partial charge in [0.15, 0.2) is 0 Å². The molecule has 1 aromatic heterocycles. The molecule has 2 nitrogen and oxygen atoms in total. The van der Waals surface area contributed by atoms with Gasteiger partial charge in [0, 0.05) is 23.1 Å². The zero-order valence-corrected chi connectivity index (χ0v) is 9.28. The number of hydrogen-bond acceptors (Lipinski definition) is 1. The van der Waals surface area contributed by atoms with E-state index < -0.39 is 0 Å². The zero-order valence-electron chi connectivity index (χ0n) is 9.28. The molecular formula is C13H16N2. The highest BCUT2D eigenvalue weighted by atomic mass is 14.9. The van der Waals surface area contributed by atoms with Crippen LogP contribution in [0.3, 0.4) is 0 Å². The van der Waals surface area contributed by atoms with Gasteiger partial charge < -0.3 is 10.3 Å². The van der Waals surface area contributed by atoms with Crippen LogP contribution < -0.4 is 5.32 Å². The van der Waals surface area contributed by atoms with Gasteiger partial charge in [-0.25, -0.2) is 0 Å². The summed E-state index contributed by atoms with van der Waals surface area (Å²) in [4.78, 5) is 3.46. The molecule has 0 saturated carbocycles. The molecule has 0 bridgehead atoms. The molecule has 2 heteroatoms. The van der Waals surface area contributed by atoms with Gasteiger partial charge in [-0.2, -0.15) is 0 Å². The van der Waals surface area contributed by atoms with E-state index in [1.54, 1.807) is 0 Å². The Morgan fingerprint density at radius 2 is 2.00 bits per heavy atom. The minimum atomic E-state index is 1.02. The maximum atomic E-state index is 3.46. The Bertz CT molecular complexity index is 523. The molecule has 0 radical (unpaired) electrons. The van der Waals surface area contributed by atoms with Gasteiger partial charge in [0.05, 0.1) is 0 Å². The molecule has 1 aromatic carbocycles. The van der Waals surface area contributed by atoms with E-state index in [0.29, 0.717) is 0 Å². The molecule has 0 saturated heterocycles. The van der Waals surface area contributed by atoms with Crippen LogP contribution in [0.1, 0.15) is 22.4 Å². The summed E-state index contributed by atoms with van der Waals surface area (Å²) in [5, 5.41) is 4.81. The topological polar surface area (TPSA) is 27.8 Å². The Morgan fingerprint density at radius 1 is 1.13 bits per heavy atom. The number of aryl methyl sites for hydroxylation is 2. The molecule has 2 heterocycles. The van der Waals surface area contributed by atoms with Crippen LogP contribution in [0.5, 0.6) is 0 Å². The third kappa shape index (κ3) is 1.29. The lowest BCUT2D eigenvalue weighted by Gasteiger charge is -2.16. The van der Waals surface area contributed by atoms with Gasteiger partial charge in [-0.1, -0.05) is 0 Å². The van der Waals surface area contributed by atoms with Crippen LogP contribution in [-0.4, -0.2) is 11.5 Å². The molecule has 15 heavy (non-hydrogen) atoms. The van der Waals surface area contributed by atoms with Crippen molar-refractivity contribution in [2.45, 2.75) is 26.8 Å². The zero-order chi connectivity index (χ0) is 10.4. The molecular weight excluding hydrogens is 184 g/mol. The lowest BCUT2D eigenvalue weighted by molar-refractivity contribution is 0.645. The lowest BCUT2D eigenvalue weighted by Crippen LogP contribution is -2.23. The Labute approximate surface area is 89.7 Å². The molecule has 0 amide bonds. The van der Waals surface area contributed by atoms with Crippen molar-refractivity contribution in [1.82, 2.24) is 10.3 Å². The van der Waals surface area contributed by atoms with Crippen LogP contribution in [0.25, 0.3) is 10.9 Å². The Kier molecular flexibility index (Phi) is 1.86. The van der Waals surface area contributed by atoms with Crippen molar-refractivity contribution in [3.05, 3.63) is 34.5 Å². The van der Waals surface area contributed by atoms with Crippen molar-refractivity contribution in [3.8, 4) is 0 Å². The second-order valence-electron chi connectivity index (χ2n) is 4.47. The monoisotopic (exact) mass is 200 g/mol. The average molecular weight is 200 g/mol. The van der Waals surface area contributed by atoms with Crippen molar-refractivity contribution in [1.29, 1.82) is 0 Å². The molecule has 3 rings (SSSR count). The van der Waals surface area contributed by atoms with Gasteiger partial charge >= 0.3 is 0 Å². The summed E-state index contributed by atoms with van der Waals surface area (Å²) in [7, 11) is 0. The molecule has 2 aromatic rings. The van der Waals surface area contributed by atoms with E-state index in [9.17, 15) is 0 Å². The van der Waals surface area contributed by atoms with Crippen molar-refractivity contribution in [3.63, 3.8) is 0 Å². The van der Waals surface area contributed by atoms with Gasteiger partial charge in [-0.05, 0) is 55.6 Å². The first-order valence-corrected chi connectivity index (χ1v) is 5.57. The molecule has 0 unspecified atom stereocenters. The normalized spacial score (nSPS) is 15.6. The third-order valence-electron chi connectivity index (χ3n) is 3.52. The summed E-state index contributed by atoms with van der Waals surface area (Å²) in [6.07, 6.45) is 1.16. The van der Waals surface area contributed by atoms with Crippen LogP contribution >= 0.6 is 0 Å². The average Bonchev–Trinajstić information content (AvgIpc) is 2.52. The van der Waals surface area contributed by atoms with Gasteiger partial charge in [0.25, 0.3) is 0 Å². The van der Waals surface area contributed by atoms with Crippen LogP contribution in [0, 0.1) is 13.8 Å². The second kappa shape index (κ2) is 3.11. The van der Waals surface area contributed by atoms with E-state index in [4.69, 9.17) is 0 Å². The number of rotatable bonds is 0. The summed E-state index contributed by atoms with van der Waals surface area (Å²) in [5.74, 6) is 0. The fourth-order valence-corrected chi connectivity index (χ4v) is 2.44. The van der Waals surface area contributed by atoms with E-state index in [2.05, 4.69) is 36.3 Å². The van der Waals surface area contributed by atoms with Gasteiger partial charge in [-0.15, -0.1) is 0 Å². The quantitative estimate of drug-likeness (QED) is 0.671. The van der Waals surface area contributed by atoms with Crippen LogP contribution in [0.2, 0.25) is 0 Å². The summed E-state index contributed by atoms with van der Waals surface area (Å²) < 4.78 is 0. The maximum Gasteiger partial charge on any atom is 0.0461 e. The molecule has 0 spiro atoms. The second-order valence-corrected chi connectivity index (χ2v) is 4.47. The molecule has 1 aliphatic heterocycles. The van der Waals surface area contributed by atoms with Crippen molar-refractivity contribution < 1.29 is 0 Å². The summed E-state index contributed by atoms with van der Waals surface area (Å²) in [6, 6.07) is 4.67. The van der Waals surface area contributed by atoms with Gasteiger partial charge in [0.1, 0.15) is 0 Å². The standard InChI is InChI=1S/C13H16N2/c1-8-9(2)15-13-6-10-3-4-14-7-11(10)5-12(8)13/h5-6,14-15H,3-4,7H2,1-2H3. The van der Waals surface area contributed by atoms with Crippen molar-refractivity contribution >= 4 is 10.9 Å². The number of fused-ring (bicyclic) bond motifs is 2. The highest BCUT2D eigenvalue weighted by Gasteiger charge is 2.12. The minimum Gasteiger partial charge on any atom is -0.358 e. The first kappa shape index (κ1) is 8.98. The van der Waals surface area contributed by atoms with Crippen LogP contribution in [-0.2, 0) is 13.0 Å². The largest absolute Gasteiger partial charge is 0.358 e. The van der Waals surface area contributed by atoms with Gasteiger partial charge in [0.2, 0.25) is 0 Å². The van der Waals surface area contributed by atoms with Gasteiger partial charge in [-0.3, -0.25) is 0 Å². The van der Waals surface area contributed by atoms with E-state index >= 15 is 0 Å². The molecule has 0 fully saturated rings. The van der Waals surface area contributed by atoms with Crippen molar-refractivity contribution in [2.75, 3.05) is 6.54 Å². The highest BCUT2D eigenvalue weighted by molar-refractivity contribution is 5.86. The number of aromatic nitrogens is 1. The van der Waals surface area contributed by atoms with E-state index in [-0.39, 0.29) is 0 Å². The Hall–Kier alpha value is -1.28. The molecule has 1 aliphatic rings. The fraction of sp³-hybridized carbons (Fsp3) is 0.385. The smallest absolute Gasteiger partial charge is 0.0461 e. The highest BCUT2D eigenvalue weighted by Crippen LogP contribution is 2.26. The Balaban J connectivity index is 2.30. The lowest BCUT2D eigenvalue weighted by atomic mass is 9.98. The molecule has 78 valence electrons. The number of hydrogen-bond donors (Lipinski definition) is 2. The number of nitrogens with one attached hydrogen (secondary N) is 2. The summed E-state index contributed by atoms with van der Waals surface area (Å²) >= 11 is 0. The summed E-state index contributed by atoms with van der Waals surface area (Å²) in [5.41, 5.74) is 6.95. The van der Waals surface area contributed by atoms with Crippen LogP contribution in [0.15, 0.2) is 12.1 Å². The first-order chi connectivity index (χ1) is 7.25. The summed E-state index contributed by atoms with van der Waals surface area (Å²) in [6.45, 7) is 6.47. The molecule has 0 aliphatic carbocycles. The predicted octanol–water partition coefficient (Wildman–Crippen LogP) is 2.43. The molecule has 0 atom stereocenters. The SMILES string of the molecule is Cc1[nH]c2cc3c(cc2c1C)CNCC3. The van der Waals surface area contributed by atoms with Crippen molar-refractivity contribution in [2.24, 2.45) is 0 Å². The predicted molar refractivity (Wildman–Crippen MR) is 63.2 cm³/mol. The maximum absolute atomic E-state index is 3.46. The van der Waals surface area contributed by atoms with E-state index in [0.717, 1.165) is 19.5 Å². The van der Waals surface area contributed by atoms with E-state index in [1.165, 1.54) is 33.3 Å². The third-order valence-corrected chi connectivity index (χ3v) is 3.52. The first-order valence-electron chi connectivity index (χ1n) is 5.57. The number of H-pyrrole nitrogens is 1. The minimum absolute atomic E-state index is 1.02. The fourth-order valence-electron chi connectivity index (χ4n) is 2.44.